The van der Waals surface area contributed by atoms with Gasteiger partial charge in [-0.05, 0) is 30.0 Å². The summed E-state index contributed by atoms with van der Waals surface area (Å²) in [6.45, 7) is 3.16. The topological polar surface area (TPSA) is 58.4 Å². The lowest BCUT2D eigenvalue weighted by atomic mass is 9.95. The number of hydrogen-bond acceptors (Lipinski definition) is 4. The first-order valence-electron chi connectivity index (χ1n) is 8.21. The lowest BCUT2D eigenvalue weighted by Crippen LogP contribution is -2.45. The second-order valence-corrected chi connectivity index (χ2v) is 7.34. The highest BCUT2D eigenvalue weighted by atomic mass is 32.2. The summed E-state index contributed by atoms with van der Waals surface area (Å²) < 4.78 is 1.98. The Morgan fingerprint density at radius 3 is 3.00 bits per heavy atom. The molecule has 3 rings (SSSR count). The molecule has 24 heavy (non-hydrogen) atoms. The quantitative estimate of drug-likeness (QED) is 0.865. The van der Waals surface area contributed by atoms with Crippen molar-refractivity contribution in [1.29, 1.82) is 0 Å². The van der Waals surface area contributed by atoms with E-state index in [1.807, 2.05) is 49.0 Å². The molecule has 128 valence electrons. The third-order valence-electron chi connectivity index (χ3n) is 4.52. The second kappa shape index (κ2) is 7.40. The molecule has 2 aromatic rings. The third kappa shape index (κ3) is 3.82. The van der Waals surface area contributed by atoms with E-state index in [2.05, 4.69) is 4.98 Å². The van der Waals surface area contributed by atoms with E-state index in [9.17, 15) is 9.90 Å². The molecule has 0 radical (unpaired) electrons. The Kier molecular flexibility index (Phi) is 5.26. The van der Waals surface area contributed by atoms with Crippen molar-refractivity contribution in [3.8, 4) is 0 Å². The average molecular weight is 345 g/mol. The van der Waals surface area contributed by atoms with Gasteiger partial charge in [0.25, 0.3) is 5.91 Å². The lowest BCUT2D eigenvalue weighted by molar-refractivity contribution is 0.0248. The second-order valence-electron chi connectivity index (χ2n) is 6.39. The van der Waals surface area contributed by atoms with Crippen LogP contribution in [0.3, 0.4) is 0 Å². The summed E-state index contributed by atoms with van der Waals surface area (Å²) in [6, 6.07) is 7.74. The molecule has 2 atom stereocenters. The Bertz CT molecular complexity index is 716. The number of benzene rings is 1. The standard InChI is InChI=1S/C18H23N3O2S/c1-13-6-8-21(11-16(13)22)17(23)15-5-3-4-14(10-15)12-24-18-19-7-9-20(18)2/h3-5,7,9-10,13,16,22H,6,8,11-12H2,1-2H3. The van der Waals surface area contributed by atoms with Crippen LogP contribution in [0.4, 0.5) is 0 Å². The molecule has 1 saturated heterocycles. The molecule has 1 aromatic heterocycles. The Labute approximate surface area is 146 Å². The first-order chi connectivity index (χ1) is 11.5. The number of carbonyl (C=O) groups is 1. The van der Waals surface area contributed by atoms with Crippen molar-refractivity contribution in [2.45, 2.75) is 30.4 Å². The van der Waals surface area contributed by atoms with E-state index in [0.29, 0.717) is 18.7 Å². The zero-order valence-corrected chi connectivity index (χ0v) is 14.9. The molecule has 0 aliphatic carbocycles. The number of aryl methyl sites for hydroxylation is 1. The number of imidazole rings is 1. The van der Waals surface area contributed by atoms with Crippen molar-refractivity contribution in [2.75, 3.05) is 13.1 Å². The van der Waals surface area contributed by atoms with Crippen LogP contribution in [0.1, 0.15) is 29.3 Å². The van der Waals surface area contributed by atoms with Gasteiger partial charge in [-0.25, -0.2) is 4.98 Å². The van der Waals surface area contributed by atoms with Gasteiger partial charge in [0.05, 0.1) is 6.10 Å². The minimum absolute atomic E-state index is 0.00444. The highest BCUT2D eigenvalue weighted by Gasteiger charge is 2.27. The minimum Gasteiger partial charge on any atom is -0.391 e. The largest absolute Gasteiger partial charge is 0.391 e. The van der Waals surface area contributed by atoms with E-state index in [4.69, 9.17) is 0 Å². The number of hydrogen-bond donors (Lipinski definition) is 1. The molecule has 0 bridgehead atoms. The Morgan fingerprint density at radius 2 is 2.29 bits per heavy atom. The number of nitrogens with zero attached hydrogens (tertiary/aromatic N) is 3. The first kappa shape index (κ1) is 17.0. The van der Waals surface area contributed by atoms with Gasteiger partial charge in [-0.3, -0.25) is 4.79 Å². The van der Waals surface area contributed by atoms with Gasteiger partial charge in [0.15, 0.2) is 5.16 Å². The van der Waals surface area contributed by atoms with Gasteiger partial charge in [-0.2, -0.15) is 0 Å². The van der Waals surface area contributed by atoms with Crippen molar-refractivity contribution in [1.82, 2.24) is 14.5 Å². The Hall–Kier alpha value is -1.79. The van der Waals surface area contributed by atoms with Crippen LogP contribution in [0.2, 0.25) is 0 Å². The van der Waals surface area contributed by atoms with Crippen LogP contribution in [0.15, 0.2) is 41.8 Å². The van der Waals surface area contributed by atoms with Crippen LogP contribution in [0, 0.1) is 5.92 Å². The van der Waals surface area contributed by atoms with Crippen molar-refractivity contribution < 1.29 is 9.90 Å². The van der Waals surface area contributed by atoms with Crippen LogP contribution >= 0.6 is 11.8 Å². The van der Waals surface area contributed by atoms with Gasteiger partial charge in [-0.1, -0.05) is 30.8 Å². The van der Waals surface area contributed by atoms with Crippen LogP contribution in [-0.2, 0) is 12.8 Å². The SMILES string of the molecule is CC1CCN(C(=O)c2cccc(CSc3nccn3C)c2)CC1O. The molecule has 1 aliphatic rings. The highest BCUT2D eigenvalue weighted by Crippen LogP contribution is 2.23. The number of likely N-dealkylation sites (tertiary alicyclic amines) is 1. The number of amides is 1. The van der Waals surface area contributed by atoms with Crippen LogP contribution in [0.5, 0.6) is 0 Å². The number of aliphatic hydroxyl groups is 1. The average Bonchev–Trinajstić information content (AvgIpc) is 3.00. The molecule has 0 spiro atoms. The molecule has 1 amide bonds. The summed E-state index contributed by atoms with van der Waals surface area (Å²) in [7, 11) is 1.97. The predicted molar refractivity (Wildman–Crippen MR) is 94.9 cm³/mol. The van der Waals surface area contributed by atoms with Gasteiger partial charge >= 0.3 is 0 Å². The minimum atomic E-state index is -0.426. The van der Waals surface area contributed by atoms with Crippen molar-refractivity contribution in [3.05, 3.63) is 47.8 Å². The lowest BCUT2D eigenvalue weighted by Gasteiger charge is -2.34. The predicted octanol–water partition coefficient (Wildman–Crippen LogP) is 2.56. The van der Waals surface area contributed by atoms with Gasteiger partial charge in [0.1, 0.15) is 0 Å². The molecule has 2 heterocycles. The van der Waals surface area contributed by atoms with E-state index in [1.54, 1.807) is 22.9 Å². The van der Waals surface area contributed by atoms with Gasteiger partial charge in [0.2, 0.25) is 0 Å². The maximum absolute atomic E-state index is 12.7. The zero-order valence-electron chi connectivity index (χ0n) is 14.1. The highest BCUT2D eigenvalue weighted by molar-refractivity contribution is 7.98. The maximum Gasteiger partial charge on any atom is 0.253 e. The van der Waals surface area contributed by atoms with Gasteiger partial charge in [-0.15, -0.1) is 0 Å². The monoisotopic (exact) mass is 345 g/mol. The fourth-order valence-electron chi connectivity index (χ4n) is 2.85. The van der Waals surface area contributed by atoms with Crippen molar-refractivity contribution in [3.63, 3.8) is 0 Å². The summed E-state index contributed by atoms with van der Waals surface area (Å²) in [5, 5.41) is 11.0. The van der Waals surface area contributed by atoms with Gasteiger partial charge in [0, 0.05) is 43.8 Å². The van der Waals surface area contributed by atoms with Crippen LogP contribution in [-0.4, -0.2) is 44.7 Å². The summed E-state index contributed by atoms with van der Waals surface area (Å²) in [5.41, 5.74) is 1.79. The van der Waals surface area contributed by atoms with Crippen molar-refractivity contribution >= 4 is 17.7 Å². The normalized spacial score (nSPS) is 21.0. The number of aliphatic hydroxyl groups excluding tert-OH is 1. The van der Waals surface area contributed by atoms with Crippen LogP contribution in [0.25, 0.3) is 0 Å². The number of aromatic nitrogens is 2. The molecule has 5 nitrogen and oxygen atoms in total. The number of rotatable bonds is 4. The van der Waals surface area contributed by atoms with E-state index >= 15 is 0 Å². The fraction of sp³-hybridized carbons (Fsp3) is 0.444. The molecule has 1 fully saturated rings. The molecule has 1 aliphatic heterocycles. The summed E-state index contributed by atoms with van der Waals surface area (Å²) >= 11 is 1.65. The fourth-order valence-corrected chi connectivity index (χ4v) is 3.72. The van der Waals surface area contributed by atoms with E-state index in [1.165, 1.54) is 0 Å². The molecule has 1 N–H and O–H groups in total. The Balaban J connectivity index is 1.66. The van der Waals surface area contributed by atoms with E-state index in [-0.39, 0.29) is 11.8 Å². The molecular formula is C18H23N3O2S. The van der Waals surface area contributed by atoms with E-state index in [0.717, 1.165) is 22.9 Å². The molecule has 1 aromatic carbocycles. The molecule has 2 unspecified atom stereocenters. The number of carbonyl (C=O) groups excluding carboxylic acids is 1. The van der Waals surface area contributed by atoms with Gasteiger partial charge < -0.3 is 14.6 Å². The molecule has 6 heteroatoms. The number of β-amino-alcohol motifs (C(OH)–C–C–N with tert-alkyl or cyclic N) is 1. The Morgan fingerprint density at radius 1 is 1.46 bits per heavy atom. The summed E-state index contributed by atoms with van der Waals surface area (Å²) in [4.78, 5) is 18.7. The van der Waals surface area contributed by atoms with Crippen LogP contribution < -0.4 is 0 Å². The molecule has 0 saturated carbocycles. The summed E-state index contributed by atoms with van der Waals surface area (Å²) in [5.74, 6) is 1.03. The number of piperidine rings is 1. The smallest absolute Gasteiger partial charge is 0.253 e. The molecular weight excluding hydrogens is 322 g/mol. The number of thioether (sulfide) groups is 1. The maximum atomic E-state index is 12.7. The zero-order chi connectivity index (χ0) is 17.1. The van der Waals surface area contributed by atoms with E-state index < -0.39 is 6.10 Å². The first-order valence-corrected chi connectivity index (χ1v) is 9.19. The summed E-state index contributed by atoms with van der Waals surface area (Å²) in [6.07, 6.45) is 4.13. The third-order valence-corrected chi connectivity index (χ3v) is 5.65. The van der Waals surface area contributed by atoms with Crippen molar-refractivity contribution in [2.24, 2.45) is 13.0 Å².